The van der Waals surface area contributed by atoms with Gasteiger partial charge in [-0.25, -0.2) is 4.79 Å². The number of nitrogens with zero attached hydrogens (tertiary/aromatic N) is 1. The van der Waals surface area contributed by atoms with Crippen LogP contribution in [0.15, 0.2) is 0 Å². The quantitative estimate of drug-likeness (QED) is 0.172. The van der Waals surface area contributed by atoms with Crippen LogP contribution >= 0.6 is 0 Å². The summed E-state index contributed by atoms with van der Waals surface area (Å²) in [5, 5.41) is 31.5. The van der Waals surface area contributed by atoms with E-state index in [1.54, 1.807) is 0 Å². The molecule has 1 saturated heterocycles. The number of nitrogens with one attached hydrogen (secondary N) is 2. The Balaban J connectivity index is 2.89. The Kier molecular flexibility index (Phi) is 9.44. The predicted molar refractivity (Wildman–Crippen MR) is 96.8 cm³/mol. The van der Waals surface area contributed by atoms with Gasteiger partial charge < -0.3 is 42.3 Å². The zero-order valence-electron chi connectivity index (χ0n) is 15.7. The fourth-order valence-electron chi connectivity index (χ4n) is 2.88. The van der Waals surface area contributed by atoms with Crippen LogP contribution in [0.3, 0.4) is 0 Å². The Morgan fingerprint density at radius 1 is 1.07 bits per heavy atom. The molecule has 13 nitrogen and oxygen atoms in total. The Morgan fingerprint density at radius 3 is 2.24 bits per heavy atom. The van der Waals surface area contributed by atoms with E-state index < -0.39 is 67.0 Å². The van der Waals surface area contributed by atoms with Crippen molar-refractivity contribution >= 4 is 29.6 Å². The molecule has 4 unspecified atom stereocenters. The summed E-state index contributed by atoms with van der Waals surface area (Å²) < 4.78 is 0. The number of carboxylic acids is 1. The normalized spacial score (nSPS) is 19.1. The topological polar surface area (TPSA) is 225 Å². The van der Waals surface area contributed by atoms with Gasteiger partial charge in [-0.1, -0.05) is 0 Å². The summed E-state index contributed by atoms with van der Waals surface area (Å²) in [5.41, 5.74) is 10.6. The minimum atomic E-state index is -1.59. The fraction of sp³-hybridized carbons (Fsp3) is 0.688. The maximum atomic E-state index is 12.6. The molecule has 1 fully saturated rings. The first kappa shape index (κ1) is 24.3. The van der Waals surface area contributed by atoms with Gasteiger partial charge in [0, 0.05) is 13.0 Å². The van der Waals surface area contributed by atoms with Gasteiger partial charge in [0.05, 0.1) is 13.2 Å². The summed E-state index contributed by atoms with van der Waals surface area (Å²) in [6.07, 6.45) is 0.333. The molecule has 0 spiro atoms. The molecule has 4 atom stereocenters. The van der Waals surface area contributed by atoms with E-state index in [1.807, 2.05) is 0 Å². The molecule has 1 aliphatic rings. The molecule has 9 N–H and O–H groups in total. The molecule has 1 rings (SSSR count). The third-order valence-electron chi connectivity index (χ3n) is 4.46. The van der Waals surface area contributed by atoms with E-state index >= 15 is 0 Å². The van der Waals surface area contributed by atoms with Gasteiger partial charge in [0.15, 0.2) is 0 Å². The van der Waals surface area contributed by atoms with Crippen molar-refractivity contribution in [2.24, 2.45) is 11.5 Å². The third-order valence-corrected chi connectivity index (χ3v) is 4.46. The lowest BCUT2D eigenvalue weighted by molar-refractivity contribution is -0.144. The first-order valence-corrected chi connectivity index (χ1v) is 9.02. The molecule has 0 radical (unpaired) electrons. The van der Waals surface area contributed by atoms with Gasteiger partial charge in [0.1, 0.15) is 24.2 Å². The van der Waals surface area contributed by atoms with Gasteiger partial charge in [-0.15, -0.1) is 0 Å². The van der Waals surface area contributed by atoms with Crippen LogP contribution in [0, 0.1) is 0 Å². The fourth-order valence-corrected chi connectivity index (χ4v) is 2.88. The minimum absolute atomic E-state index is 0.207. The van der Waals surface area contributed by atoms with Crippen LogP contribution in [0.25, 0.3) is 0 Å². The van der Waals surface area contributed by atoms with Crippen LogP contribution in [0.2, 0.25) is 0 Å². The molecule has 164 valence electrons. The van der Waals surface area contributed by atoms with Crippen molar-refractivity contribution in [1.82, 2.24) is 15.5 Å². The summed E-state index contributed by atoms with van der Waals surface area (Å²) in [5.74, 6) is -4.45. The molecule has 29 heavy (non-hydrogen) atoms. The first-order valence-electron chi connectivity index (χ1n) is 9.02. The van der Waals surface area contributed by atoms with E-state index in [0.29, 0.717) is 12.8 Å². The van der Waals surface area contributed by atoms with Crippen molar-refractivity contribution in [3.05, 3.63) is 0 Å². The molecule has 0 aromatic rings. The maximum Gasteiger partial charge on any atom is 0.328 e. The molecule has 4 amide bonds. The number of aliphatic hydroxyl groups excluding tert-OH is 2. The number of nitrogens with two attached hydrogens (primary N) is 2. The van der Waals surface area contributed by atoms with E-state index in [9.17, 15) is 24.0 Å². The highest BCUT2D eigenvalue weighted by Gasteiger charge is 2.37. The second-order valence-corrected chi connectivity index (χ2v) is 6.63. The molecule has 0 aliphatic carbocycles. The zero-order valence-corrected chi connectivity index (χ0v) is 15.7. The number of carbonyl (C=O) groups is 5. The van der Waals surface area contributed by atoms with Crippen molar-refractivity contribution in [3.8, 4) is 0 Å². The average Bonchev–Trinajstić information content (AvgIpc) is 3.17. The number of aliphatic carboxylic acids is 1. The monoisotopic (exact) mass is 417 g/mol. The maximum absolute atomic E-state index is 12.6. The van der Waals surface area contributed by atoms with Crippen LogP contribution in [-0.4, -0.2) is 93.7 Å². The average molecular weight is 417 g/mol. The lowest BCUT2D eigenvalue weighted by atomic mass is 10.1. The number of amides is 4. The van der Waals surface area contributed by atoms with Crippen molar-refractivity contribution in [1.29, 1.82) is 0 Å². The number of primary amides is 1. The molecular formula is C16H27N5O8. The number of likely N-dealkylation sites (tertiary alicyclic amines) is 1. The van der Waals surface area contributed by atoms with Crippen LogP contribution in [0.1, 0.15) is 25.7 Å². The molecule has 1 aliphatic heterocycles. The van der Waals surface area contributed by atoms with Crippen LogP contribution in [-0.2, 0) is 24.0 Å². The molecule has 0 saturated carbocycles. The standard InChI is InChI=1S/C16H27N5O8/c17-8(6-22)15(27)21-5-1-2-11(21)14(26)19-9(3-4-12(18)24)13(25)20-10(7-23)16(28)29/h8-11,22-23H,1-7,17H2,(H2,18,24)(H,19,26)(H,20,25)(H,28,29). The summed E-state index contributed by atoms with van der Waals surface area (Å²) in [6, 6.07) is -5.02. The minimum Gasteiger partial charge on any atom is -0.480 e. The predicted octanol–water partition coefficient (Wildman–Crippen LogP) is -4.39. The van der Waals surface area contributed by atoms with Gasteiger partial charge in [-0.3, -0.25) is 19.2 Å². The summed E-state index contributed by atoms with van der Waals surface area (Å²) in [4.78, 5) is 60.5. The van der Waals surface area contributed by atoms with Gasteiger partial charge in [0.25, 0.3) is 0 Å². The number of hydrogen-bond donors (Lipinski definition) is 7. The van der Waals surface area contributed by atoms with E-state index in [4.69, 9.17) is 26.8 Å². The molecule has 1 heterocycles. The smallest absolute Gasteiger partial charge is 0.328 e. The summed E-state index contributed by atoms with van der Waals surface area (Å²) in [7, 11) is 0. The van der Waals surface area contributed by atoms with Crippen molar-refractivity contribution in [2.75, 3.05) is 19.8 Å². The summed E-state index contributed by atoms with van der Waals surface area (Å²) in [6.45, 7) is -1.22. The van der Waals surface area contributed by atoms with Crippen molar-refractivity contribution in [3.63, 3.8) is 0 Å². The molecule has 0 bridgehead atoms. The number of carbonyl (C=O) groups excluding carboxylic acids is 4. The van der Waals surface area contributed by atoms with E-state index in [2.05, 4.69) is 10.6 Å². The van der Waals surface area contributed by atoms with Gasteiger partial charge in [0.2, 0.25) is 23.6 Å². The molecule has 0 aromatic carbocycles. The Labute approximate surface area is 166 Å². The lowest BCUT2D eigenvalue weighted by Gasteiger charge is -2.28. The number of hydrogen-bond acceptors (Lipinski definition) is 8. The third kappa shape index (κ3) is 6.96. The first-order chi connectivity index (χ1) is 13.6. The van der Waals surface area contributed by atoms with Crippen LogP contribution in [0.4, 0.5) is 0 Å². The van der Waals surface area contributed by atoms with Gasteiger partial charge in [-0.05, 0) is 19.3 Å². The van der Waals surface area contributed by atoms with E-state index in [0.717, 1.165) is 0 Å². The number of aliphatic hydroxyl groups is 2. The van der Waals surface area contributed by atoms with Gasteiger partial charge >= 0.3 is 5.97 Å². The second kappa shape index (κ2) is 11.3. The Hall–Kier alpha value is -2.77. The lowest BCUT2D eigenvalue weighted by Crippen LogP contribution is -2.57. The Bertz CT molecular complexity index is 643. The largest absolute Gasteiger partial charge is 0.480 e. The molecular weight excluding hydrogens is 390 g/mol. The summed E-state index contributed by atoms with van der Waals surface area (Å²) >= 11 is 0. The van der Waals surface area contributed by atoms with Gasteiger partial charge in [-0.2, -0.15) is 0 Å². The highest BCUT2D eigenvalue weighted by Crippen LogP contribution is 2.18. The molecule has 0 aromatic heterocycles. The zero-order chi connectivity index (χ0) is 22.1. The molecule has 13 heteroatoms. The van der Waals surface area contributed by atoms with Crippen molar-refractivity contribution in [2.45, 2.75) is 49.9 Å². The van der Waals surface area contributed by atoms with Crippen molar-refractivity contribution < 1.29 is 39.3 Å². The second-order valence-electron chi connectivity index (χ2n) is 6.63. The highest BCUT2D eigenvalue weighted by atomic mass is 16.4. The van der Waals surface area contributed by atoms with Crippen LogP contribution in [0.5, 0.6) is 0 Å². The number of carboxylic acid groups (broad SMARTS) is 1. The van der Waals surface area contributed by atoms with E-state index in [-0.39, 0.29) is 19.4 Å². The highest BCUT2D eigenvalue weighted by molar-refractivity contribution is 5.94. The van der Waals surface area contributed by atoms with E-state index in [1.165, 1.54) is 4.90 Å². The number of rotatable bonds is 11. The Morgan fingerprint density at radius 2 is 1.72 bits per heavy atom. The van der Waals surface area contributed by atoms with Crippen LogP contribution < -0.4 is 22.1 Å². The SMILES string of the molecule is NC(=O)CCC(NC(=O)C1CCCN1C(=O)C(N)CO)C(=O)NC(CO)C(=O)O.